The third-order valence-electron chi connectivity index (χ3n) is 5.23. The van der Waals surface area contributed by atoms with Crippen molar-refractivity contribution in [3.05, 3.63) is 29.3 Å². The average molecular weight is 297 g/mol. The maximum Gasteiger partial charge on any atom is 0.243 e. The first kappa shape index (κ1) is 13.5. The molecule has 0 saturated heterocycles. The zero-order valence-corrected chi connectivity index (χ0v) is 12.7. The number of carbonyl (C=O) groups is 2. The Morgan fingerprint density at radius 3 is 2.82 bits per heavy atom. The standard InChI is InChI=1S/C17H19N3O2/c1-3-10-8(2)16(21)18-14-5-4-9(6-11(10)14)15-12-7-13(12)17(22)20-19-15/h4-6,8,10,12-13H,3,7H2,1-2H3,(H,18,21)(H,20,22). The fraction of sp³-hybridized carbons (Fsp3) is 0.471. The van der Waals surface area contributed by atoms with E-state index in [1.54, 1.807) is 0 Å². The number of rotatable bonds is 2. The van der Waals surface area contributed by atoms with Gasteiger partial charge in [0.2, 0.25) is 11.8 Å². The fourth-order valence-electron chi connectivity index (χ4n) is 3.76. The van der Waals surface area contributed by atoms with Crippen molar-refractivity contribution in [2.45, 2.75) is 32.6 Å². The number of benzene rings is 1. The lowest BCUT2D eigenvalue weighted by atomic mass is 9.80. The molecule has 4 rings (SSSR count). The molecule has 0 aromatic heterocycles. The molecule has 4 atom stereocenters. The van der Waals surface area contributed by atoms with Crippen LogP contribution in [0.25, 0.3) is 0 Å². The molecule has 0 spiro atoms. The number of nitrogens with one attached hydrogen (secondary N) is 2. The zero-order chi connectivity index (χ0) is 15.4. The minimum Gasteiger partial charge on any atom is -0.326 e. The van der Waals surface area contributed by atoms with Crippen molar-refractivity contribution in [3.63, 3.8) is 0 Å². The molecule has 2 aliphatic heterocycles. The summed E-state index contributed by atoms with van der Waals surface area (Å²) in [4.78, 5) is 23.6. The summed E-state index contributed by atoms with van der Waals surface area (Å²) < 4.78 is 0. The highest BCUT2D eigenvalue weighted by atomic mass is 16.2. The molecule has 0 radical (unpaired) electrons. The molecule has 1 saturated carbocycles. The highest BCUT2D eigenvalue weighted by molar-refractivity contribution is 6.10. The van der Waals surface area contributed by atoms with E-state index < -0.39 is 0 Å². The number of hydrazone groups is 1. The van der Waals surface area contributed by atoms with Crippen LogP contribution in [0.15, 0.2) is 23.3 Å². The Balaban J connectivity index is 1.74. The number of anilines is 1. The molecule has 22 heavy (non-hydrogen) atoms. The molecule has 2 heterocycles. The highest BCUT2D eigenvalue weighted by Gasteiger charge is 2.49. The fourth-order valence-corrected chi connectivity index (χ4v) is 3.76. The van der Waals surface area contributed by atoms with Crippen LogP contribution < -0.4 is 10.7 Å². The predicted octanol–water partition coefficient (Wildman–Crippen LogP) is 2.24. The van der Waals surface area contributed by atoms with Gasteiger partial charge in [-0.25, -0.2) is 5.43 Å². The predicted molar refractivity (Wildman–Crippen MR) is 83.5 cm³/mol. The van der Waals surface area contributed by atoms with E-state index in [2.05, 4.69) is 28.8 Å². The summed E-state index contributed by atoms with van der Waals surface area (Å²) in [6, 6.07) is 6.10. The molecular weight excluding hydrogens is 278 g/mol. The normalized spacial score (nSPS) is 32.4. The van der Waals surface area contributed by atoms with Crippen LogP contribution >= 0.6 is 0 Å². The lowest BCUT2D eigenvalue weighted by Gasteiger charge is -2.31. The minimum atomic E-state index is -0.0191. The first-order chi connectivity index (χ1) is 10.6. The van der Waals surface area contributed by atoms with Crippen LogP contribution in [0.4, 0.5) is 5.69 Å². The minimum absolute atomic E-state index is 0.0191. The van der Waals surface area contributed by atoms with E-state index in [-0.39, 0.29) is 35.5 Å². The second kappa shape index (κ2) is 4.66. The van der Waals surface area contributed by atoms with Gasteiger partial charge in [0.1, 0.15) is 0 Å². The number of carbonyl (C=O) groups excluding carboxylic acids is 2. The Labute approximate surface area is 129 Å². The Morgan fingerprint density at radius 2 is 2.05 bits per heavy atom. The molecule has 0 bridgehead atoms. The molecule has 5 nitrogen and oxygen atoms in total. The van der Waals surface area contributed by atoms with Gasteiger partial charge in [0.25, 0.3) is 0 Å². The highest BCUT2D eigenvalue weighted by Crippen LogP contribution is 2.45. The third kappa shape index (κ3) is 1.88. The molecule has 5 heteroatoms. The van der Waals surface area contributed by atoms with Crippen LogP contribution in [0, 0.1) is 17.8 Å². The van der Waals surface area contributed by atoms with Crippen molar-refractivity contribution < 1.29 is 9.59 Å². The van der Waals surface area contributed by atoms with Crippen LogP contribution in [0.3, 0.4) is 0 Å². The van der Waals surface area contributed by atoms with Gasteiger partial charge >= 0.3 is 0 Å². The quantitative estimate of drug-likeness (QED) is 0.879. The van der Waals surface area contributed by atoms with E-state index in [0.717, 1.165) is 29.8 Å². The van der Waals surface area contributed by atoms with Gasteiger partial charge in [0, 0.05) is 23.4 Å². The van der Waals surface area contributed by atoms with E-state index in [0.29, 0.717) is 0 Å². The van der Waals surface area contributed by atoms with Gasteiger partial charge in [-0.05, 0) is 42.0 Å². The van der Waals surface area contributed by atoms with Gasteiger partial charge < -0.3 is 5.32 Å². The lowest BCUT2D eigenvalue weighted by Crippen LogP contribution is -2.32. The lowest BCUT2D eigenvalue weighted by molar-refractivity contribution is -0.123. The summed E-state index contributed by atoms with van der Waals surface area (Å²) in [5, 5.41) is 7.25. The van der Waals surface area contributed by atoms with Crippen molar-refractivity contribution in [1.82, 2.24) is 5.43 Å². The summed E-state index contributed by atoms with van der Waals surface area (Å²) in [5.41, 5.74) is 6.76. The second-order valence-corrected chi connectivity index (χ2v) is 6.52. The maximum atomic E-state index is 12.0. The Hall–Kier alpha value is -2.17. The number of fused-ring (bicyclic) bond motifs is 2. The third-order valence-corrected chi connectivity index (χ3v) is 5.23. The second-order valence-electron chi connectivity index (χ2n) is 6.52. The van der Waals surface area contributed by atoms with Crippen LogP contribution in [-0.4, -0.2) is 17.5 Å². The van der Waals surface area contributed by atoms with Gasteiger partial charge in [0.15, 0.2) is 0 Å². The molecular formula is C17H19N3O2. The van der Waals surface area contributed by atoms with Gasteiger partial charge in [0.05, 0.1) is 5.71 Å². The van der Waals surface area contributed by atoms with E-state index in [4.69, 9.17) is 0 Å². The number of hydrogen-bond acceptors (Lipinski definition) is 3. The first-order valence-electron chi connectivity index (χ1n) is 7.92. The van der Waals surface area contributed by atoms with Crippen molar-refractivity contribution in [3.8, 4) is 0 Å². The Kier molecular flexibility index (Phi) is 2.86. The number of nitrogens with zero attached hydrogens (tertiary/aromatic N) is 1. The molecule has 2 N–H and O–H groups in total. The van der Waals surface area contributed by atoms with Gasteiger partial charge in [-0.3, -0.25) is 9.59 Å². The monoisotopic (exact) mass is 297 g/mol. The van der Waals surface area contributed by atoms with E-state index >= 15 is 0 Å². The largest absolute Gasteiger partial charge is 0.326 e. The van der Waals surface area contributed by atoms with Crippen molar-refractivity contribution in [2.75, 3.05) is 5.32 Å². The SMILES string of the molecule is CCC1c2cc(C3=NNC(=O)C4CC34)ccc2NC(=O)C1C. The van der Waals surface area contributed by atoms with Crippen LogP contribution in [0.5, 0.6) is 0 Å². The molecule has 1 aliphatic carbocycles. The molecule has 2 amide bonds. The van der Waals surface area contributed by atoms with Crippen LogP contribution in [0.2, 0.25) is 0 Å². The molecule has 1 fully saturated rings. The molecule has 1 aromatic carbocycles. The summed E-state index contributed by atoms with van der Waals surface area (Å²) in [5.74, 6) is 0.717. The van der Waals surface area contributed by atoms with E-state index in [9.17, 15) is 9.59 Å². The summed E-state index contributed by atoms with van der Waals surface area (Å²) in [7, 11) is 0. The van der Waals surface area contributed by atoms with Gasteiger partial charge in [-0.2, -0.15) is 5.10 Å². The summed E-state index contributed by atoms with van der Waals surface area (Å²) >= 11 is 0. The average Bonchev–Trinajstić information content (AvgIpc) is 3.30. The Bertz CT molecular complexity index is 710. The maximum absolute atomic E-state index is 12.0. The molecule has 3 aliphatic rings. The van der Waals surface area contributed by atoms with Crippen molar-refractivity contribution in [1.29, 1.82) is 0 Å². The van der Waals surface area contributed by atoms with Gasteiger partial charge in [-0.15, -0.1) is 0 Å². The molecule has 1 aromatic rings. The van der Waals surface area contributed by atoms with Crippen molar-refractivity contribution in [2.24, 2.45) is 22.9 Å². The van der Waals surface area contributed by atoms with Crippen molar-refractivity contribution >= 4 is 23.2 Å². The topological polar surface area (TPSA) is 70.6 Å². The van der Waals surface area contributed by atoms with E-state index in [1.165, 1.54) is 5.56 Å². The first-order valence-corrected chi connectivity index (χ1v) is 7.92. The number of amides is 2. The summed E-state index contributed by atoms with van der Waals surface area (Å²) in [6.07, 6.45) is 1.83. The van der Waals surface area contributed by atoms with Gasteiger partial charge in [-0.1, -0.05) is 19.9 Å². The zero-order valence-electron chi connectivity index (χ0n) is 12.7. The summed E-state index contributed by atoms with van der Waals surface area (Å²) in [6.45, 7) is 4.10. The van der Waals surface area contributed by atoms with Crippen LogP contribution in [-0.2, 0) is 9.59 Å². The molecule has 4 unspecified atom stereocenters. The van der Waals surface area contributed by atoms with E-state index in [1.807, 2.05) is 19.1 Å². The molecule has 114 valence electrons. The van der Waals surface area contributed by atoms with Crippen LogP contribution in [0.1, 0.15) is 43.7 Å². The Morgan fingerprint density at radius 1 is 1.23 bits per heavy atom. The number of hydrogen-bond donors (Lipinski definition) is 2. The smallest absolute Gasteiger partial charge is 0.243 e.